The monoisotopic (exact) mass is 554 g/mol. The Morgan fingerprint density at radius 2 is 1.45 bits per heavy atom. The van der Waals surface area contributed by atoms with Gasteiger partial charge in [-0.15, -0.1) is 0 Å². The molecule has 4 rings (SSSR count). The van der Waals surface area contributed by atoms with Gasteiger partial charge in [-0.05, 0) is 74.4 Å². The Morgan fingerprint density at radius 1 is 0.800 bits per heavy atom. The average Bonchev–Trinajstić information content (AvgIpc) is 2.96. The highest BCUT2D eigenvalue weighted by molar-refractivity contribution is 7.92. The summed E-state index contributed by atoms with van der Waals surface area (Å²) < 4.78 is 28.3. The van der Waals surface area contributed by atoms with Crippen LogP contribution in [0.25, 0.3) is 0 Å². The number of anilines is 2. The lowest BCUT2D eigenvalue weighted by molar-refractivity contribution is -0.119. The molecule has 0 spiro atoms. The molecule has 0 aliphatic rings. The molecule has 2 N–H and O–H groups in total. The first-order chi connectivity index (χ1) is 19.1. The molecule has 0 heterocycles. The number of nitrogens with one attached hydrogen (secondary N) is 2. The van der Waals surface area contributed by atoms with E-state index in [-0.39, 0.29) is 10.8 Å². The SMILES string of the molecule is C/C(=N/NC(=O)CN(c1ccccc1C)S(=O)(=O)c1ccc(C)cc1)c1cccc(NC(=O)c2ccccc2)c1. The third-order valence-electron chi connectivity index (χ3n) is 6.20. The molecule has 0 aromatic heterocycles. The third kappa shape index (κ3) is 6.81. The summed E-state index contributed by atoms with van der Waals surface area (Å²) in [6, 6.07) is 29.4. The molecule has 0 fully saturated rings. The highest BCUT2D eigenvalue weighted by Crippen LogP contribution is 2.26. The van der Waals surface area contributed by atoms with Gasteiger partial charge in [0.1, 0.15) is 6.54 Å². The van der Waals surface area contributed by atoms with E-state index in [1.807, 2.05) is 13.0 Å². The predicted molar refractivity (Wildman–Crippen MR) is 158 cm³/mol. The van der Waals surface area contributed by atoms with Crippen LogP contribution in [0.4, 0.5) is 11.4 Å². The number of hydrogen-bond acceptors (Lipinski definition) is 5. The number of amides is 2. The third-order valence-corrected chi connectivity index (χ3v) is 7.98. The van der Waals surface area contributed by atoms with Gasteiger partial charge in [-0.3, -0.25) is 13.9 Å². The average molecular weight is 555 g/mol. The molecule has 9 heteroatoms. The second-order valence-electron chi connectivity index (χ2n) is 9.24. The summed E-state index contributed by atoms with van der Waals surface area (Å²) in [7, 11) is -4.04. The van der Waals surface area contributed by atoms with E-state index >= 15 is 0 Å². The predicted octanol–water partition coefficient (Wildman–Crippen LogP) is 5.29. The Labute approximate surface area is 234 Å². The van der Waals surface area contributed by atoms with Crippen molar-refractivity contribution in [2.24, 2.45) is 5.10 Å². The van der Waals surface area contributed by atoms with Gasteiger partial charge in [0.2, 0.25) is 0 Å². The molecule has 0 unspecified atom stereocenters. The zero-order valence-electron chi connectivity index (χ0n) is 22.5. The van der Waals surface area contributed by atoms with Crippen molar-refractivity contribution in [1.82, 2.24) is 5.43 Å². The Morgan fingerprint density at radius 3 is 2.15 bits per heavy atom. The number of nitrogens with zero attached hydrogens (tertiary/aromatic N) is 2. The minimum absolute atomic E-state index is 0.0863. The van der Waals surface area contributed by atoms with E-state index in [2.05, 4.69) is 15.8 Å². The first-order valence-electron chi connectivity index (χ1n) is 12.6. The Hall–Kier alpha value is -4.76. The van der Waals surface area contributed by atoms with Gasteiger partial charge in [0.15, 0.2) is 0 Å². The number of hydrazone groups is 1. The largest absolute Gasteiger partial charge is 0.322 e. The molecule has 0 saturated heterocycles. The fourth-order valence-corrected chi connectivity index (χ4v) is 5.46. The second-order valence-corrected chi connectivity index (χ2v) is 11.1. The molecule has 4 aromatic carbocycles. The van der Waals surface area contributed by atoms with Crippen LogP contribution in [0.5, 0.6) is 0 Å². The van der Waals surface area contributed by atoms with E-state index in [9.17, 15) is 18.0 Å². The Balaban J connectivity index is 1.51. The number of para-hydroxylation sites is 1. The first kappa shape index (κ1) is 28.3. The molecule has 8 nitrogen and oxygen atoms in total. The number of rotatable bonds is 9. The van der Waals surface area contributed by atoms with Gasteiger partial charge in [0, 0.05) is 11.3 Å². The maximum absolute atomic E-state index is 13.6. The summed E-state index contributed by atoms with van der Waals surface area (Å²) >= 11 is 0. The molecule has 0 saturated carbocycles. The van der Waals surface area contributed by atoms with Crippen LogP contribution in [0.3, 0.4) is 0 Å². The molecular weight excluding hydrogens is 524 g/mol. The van der Waals surface area contributed by atoms with Crippen molar-refractivity contribution in [2.45, 2.75) is 25.7 Å². The van der Waals surface area contributed by atoms with Crippen molar-refractivity contribution in [2.75, 3.05) is 16.2 Å². The van der Waals surface area contributed by atoms with Gasteiger partial charge < -0.3 is 5.32 Å². The zero-order chi connectivity index (χ0) is 28.7. The molecule has 0 bridgehead atoms. The highest BCUT2D eigenvalue weighted by Gasteiger charge is 2.28. The second kappa shape index (κ2) is 12.4. The lowest BCUT2D eigenvalue weighted by Gasteiger charge is -2.25. The summed E-state index contributed by atoms with van der Waals surface area (Å²) in [4.78, 5) is 25.6. The van der Waals surface area contributed by atoms with Crippen molar-refractivity contribution in [3.05, 3.63) is 125 Å². The lowest BCUT2D eigenvalue weighted by Crippen LogP contribution is -2.40. The fraction of sp³-hybridized carbons (Fsp3) is 0.129. The van der Waals surface area contributed by atoms with Crippen LogP contribution in [0.2, 0.25) is 0 Å². The van der Waals surface area contributed by atoms with E-state index < -0.39 is 22.5 Å². The normalized spacial score (nSPS) is 11.5. The molecule has 2 amide bonds. The van der Waals surface area contributed by atoms with Crippen molar-refractivity contribution < 1.29 is 18.0 Å². The summed E-state index contributed by atoms with van der Waals surface area (Å²) in [5.41, 5.74) is 6.77. The van der Waals surface area contributed by atoms with Gasteiger partial charge in [0.05, 0.1) is 16.3 Å². The van der Waals surface area contributed by atoms with Crippen molar-refractivity contribution in [3.63, 3.8) is 0 Å². The van der Waals surface area contributed by atoms with Gasteiger partial charge in [0.25, 0.3) is 21.8 Å². The summed E-state index contributed by atoms with van der Waals surface area (Å²) in [6.07, 6.45) is 0. The number of carbonyl (C=O) groups is 2. The van der Waals surface area contributed by atoms with E-state index in [1.165, 1.54) is 12.1 Å². The maximum Gasteiger partial charge on any atom is 0.264 e. The van der Waals surface area contributed by atoms with Gasteiger partial charge in [-0.25, -0.2) is 13.8 Å². The minimum Gasteiger partial charge on any atom is -0.322 e. The number of carbonyl (C=O) groups excluding carboxylic acids is 2. The maximum atomic E-state index is 13.6. The number of benzene rings is 4. The standard InChI is InChI=1S/C31H30N4O4S/c1-22-16-18-28(19-17-22)40(38,39)35(29-15-8-7-10-23(29)2)21-30(36)34-33-24(3)26-13-9-14-27(20-26)32-31(37)25-11-5-4-6-12-25/h4-20H,21H2,1-3H3,(H,32,37)(H,34,36)/b33-24-. The molecule has 204 valence electrons. The van der Waals surface area contributed by atoms with E-state index in [4.69, 9.17) is 0 Å². The van der Waals surface area contributed by atoms with Gasteiger partial charge in [-0.1, -0.05) is 66.2 Å². The molecule has 40 heavy (non-hydrogen) atoms. The number of hydrogen-bond donors (Lipinski definition) is 2. The van der Waals surface area contributed by atoms with Crippen LogP contribution in [0.15, 0.2) is 113 Å². The summed E-state index contributed by atoms with van der Waals surface area (Å²) in [5, 5.41) is 7.04. The molecule has 0 atom stereocenters. The van der Waals surface area contributed by atoms with E-state index in [0.29, 0.717) is 33.8 Å². The first-order valence-corrected chi connectivity index (χ1v) is 14.0. The highest BCUT2D eigenvalue weighted by atomic mass is 32.2. The van der Waals surface area contributed by atoms with Crippen LogP contribution < -0.4 is 15.0 Å². The van der Waals surface area contributed by atoms with Crippen LogP contribution in [0, 0.1) is 13.8 Å². The van der Waals surface area contributed by atoms with Gasteiger partial charge in [-0.2, -0.15) is 5.10 Å². The minimum atomic E-state index is -4.04. The number of sulfonamides is 1. The Kier molecular flexibility index (Phi) is 8.76. The fourth-order valence-electron chi connectivity index (χ4n) is 3.97. The van der Waals surface area contributed by atoms with E-state index in [0.717, 1.165) is 9.87 Å². The molecule has 0 aliphatic heterocycles. The van der Waals surface area contributed by atoms with Crippen LogP contribution >= 0.6 is 0 Å². The van der Waals surface area contributed by atoms with E-state index in [1.54, 1.807) is 98.8 Å². The van der Waals surface area contributed by atoms with Crippen molar-refractivity contribution in [1.29, 1.82) is 0 Å². The zero-order valence-corrected chi connectivity index (χ0v) is 23.3. The van der Waals surface area contributed by atoms with Gasteiger partial charge >= 0.3 is 0 Å². The number of aryl methyl sites for hydroxylation is 2. The van der Waals surface area contributed by atoms with Crippen LogP contribution in [-0.4, -0.2) is 32.5 Å². The molecule has 4 aromatic rings. The molecular formula is C31H30N4O4S. The van der Waals surface area contributed by atoms with Crippen molar-refractivity contribution >= 4 is 38.9 Å². The molecule has 0 radical (unpaired) electrons. The lowest BCUT2D eigenvalue weighted by atomic mass is 10.1. The Bertz CT molecular complexity index is 1650. The summed E-state index contributed by atoms with van der Waals surface area (Å²) in [5.74, 6) is -0.849. The van der Waals surface area contributed by atoms with Crippen LogP contribution in [0.1, 0.15) is 34.0 Å². The molecule has 0 aliphatic carbocycles. The van der Waals surface area contributed by atoms with Crippen molar-refractivity contribution in [3.8, 4) is 0 Å². The van der Waals surface area contributed by atoms with Crippen LogP contribution in [-0.2, 0) is 14.8 Å². The topological polar surface area (TPSA) is 108 Å². The quantitative estimate of drug-likeness (QED) is 0.216. The smallest absolute Gasteiger partial charge is 0.264 e. The summed E-state index contributed by atoms with van der Waals surface area (Å²) in [6.45, 7) is 4.90.